The molecule has 2 atom stereocenters. The van der Waals surface area contributed by atoms with Gasteiger partial charge in [0.2, 0.25) is 10.0 Å². The standard InChI is InChI=1S/C20H24N2O4S/c1-15-14-26-13-12-22(15)27(24,25)19-10-8-18(9-11-19)20(23)21-16(2)17-6-4-3-5-7-17/h3-11,15-16H,12-14H2,1-2H3,(H,21,23). The van der Waals surface area contributed by atoms with Crippen LogP contribution >= 0.6 is 0 Å². The van der Waals surface area contributed by atoms with E-state index < -0.39 is 10.0 Å². The third-order valence-electron chi connectivity index (χ3n) is 4.68. The predicted molar refractivity (Wildman–Crippen MR) is 103 cm³/mol. The summed E-state index contributed by atoms with van der Waals surface area (Å²) < 4.78 is 32.4. The van der Waals surface area contributed by atoms with Crippen LogP contribution in [0.4, 0.5) is 0 Å². The van der Waals surface area contributed by atoms with Crippen LogP contribution in [0.5, 0.6) is 0 Å². The van der Waals surface area contributed by atoms with Gasteiger partial charge < -0.3 is 10.1 Å². The Balaban J connectivity index is 1.72. The van der Waals surface area contributed by atoms with Crippen molar-refractivity contribution < 1.29 is 17.9 Å². The molecule has 1 fully saturated rings. The molecule has 27 heavy (non-hydrogen) atoms. The number of sulfonamides is 1. The Labute approximate surface area is 160 Å². The Morgan fingerprint density at radius 2 is 1.81 bits per heavy atom. The zero-order valence-corrected chi connectivity index (χ0v) is 16.3. The molecular formula is C20H24N2O4S. The number of nitrogens with one attached hydrogen (secondary N) is 1. The van der Waals surface area contributed by atoms with E-state index in [0.717, 1.165) is 5.56 Å². The molecule has 2 aromatic rings. The molecule has 0 radical (unpaired) electrons. The highest BCUT2D eigenvalue weighted by Crippen LogP contribution is 2.21. The highest BCUT2D eigenvalue weighted by molar-refractivity contribution is 7.89. The first kappa shape index (κ1) is 19.5. The Morgan fingerprint density at radius 1 is 1.15 bits per heavy atom. The first-order chi connectivity index (χ1) is 12.9. The number of nitrogens with zero attached hydrogens (tertiary/aromatic N) is 1. The van der Waals surface area contributed by atoms with E-state index in [-0.39, 0.29) is 22.9 Å². The van der Waals surface area contributed by atoms with Crippen molar-refractivity contribution >= 4 is 15.9 Å². The lowest BCUT2D eigenvalue weighted by Crippen LogP contribution is -2.46. The van der Waals surface area contributed by atoms with Crippen LogP contribution in [0.25, 0.3) is 0 Å². The summed E-state index contributed by atoms with van der Waals surface area (Å²) in [5, 5.41) is 2.93. The van der Waals surface area contributed by atoms with Gasteiger partial charge in [-0.05, 0) is 43.7 Å². The fourth-order valence-electron chi connectivity index (χ4n) is 3.09. The second kappa shape index (κ2) is 8.21. The zero-order chi connectivity index (χ0) is 19.4. The number of hydrogen-bond donors (Lipinski definition) is 1. The Bertz CT molecular complexity index is 882. The van der Waals surface area contributed by atoms with E-state index in [9.17, 15) is 13.2 Å². The third kappa shape index (κ3) is 4.37. The van der Waals surface area contributed by atoms with Gasteiger partial charge in [0.05, 0.1) is 24.2 Å². The molecule has 0 bridgehead atoms. The van der Waals surface area contributed by atoms with Crippen molar-refractivity contribution in [3.05, 3.63) is 65.7 Å². The van der Waals surface area contributed by atoms with E-state index in [1.165, 1.54) is 16.4 Å². The van der Waals surface area contributed by atoms with Gasteiger partial charge in [-0.25, -0.2) is 8.42 Å². The van der Waals surface area contributed by atoms with Crippen LogP contribution in [0.1, 0.15) is 35.8 Å². The Kier molecular flexibility index (Phi) is 5.94. The van der Waals surface area contributed by atoms with E-state index in [2.05, 4.69) is 5.32 Å². The monoisotopic (exact) mass is 388 g/mol. The van der Waals surface area contributed by atoms with Gasteiger partial charge in [-0.2, -0.15) is 4.31 Å². The molecule has 0 aromatic heterocycles. The van der Waals surface area contributed by atoms with Gasteiger partial charge in [0.25, 0.3) is 5.91 Å². The lowest BCUT2D eigenvalue weighted by Gasteiger charge is -2.32. The summed E-state index contributed by atoms with van der Waals surface area (Å²) in [4.78, 5) is 12.6. The maximum Gasteiger partial charge on any atom is 0.251 e. The van der Waals surface area contributed by atoms with Gasteiger partial charge in [0, 0.05) is 18.2 Å². The molecule has 144 valence electrons. The second-order valence-corrected chi connectivity index (χ2v) is 8.56. The minimum atomic E-state index is -3.60. The quantitative estimate of drug-likeness (QED) is 0.854. The highest BCUT2D eigenvalue weighted by Gasteiger charge is 2.31. The summed E-state index contributed by atoms with van der Waals surface area (Å²) in [6.45, 7) is 4.84. The molecule has 1 N–H and O–H groups in total. The number of carbonyl (C=O) groups excluding carboxylic acids is 1. The zero-order valence-electron chi connectivity index (χ0n) is 15.5. The average molecular weight is 388 g/mol. The maximum atomic E-state index is 12.8. The van der Waals surface area contributed by atoms with Crippen molar-refractivity contribution in [3.63, 3.8) is 0 Å². The van der Waals surface area contributed by atoms with Gasteiger partial charge in [0.15, 0.2) is 0 Å². The summed E-state index contributed by atoms with van der Waals surface area (Å²) in [5.74, 6) is -0.241. The summed E-state index contributed by atoms with van der Waals surface area (Å²) in [6, 6.07) is 15.4. The van der Waals surface area contributed by atoms with Crippen LogP contribution in [0.15, 0.2) is 59.5 Å². The topological polar surface area (TPSA) is 75.7 Å². The van der Waals surface area contributed by atoms with E-state index in [4.69, 9.17) is 4.74 Å². The van der Waals surface area contributed by atoms with E-state index >= 15 is 0 Å². The Hall–Kier alpha value is -2.22. The number of rotatable bonds is 5. The van der Waals surface area contributed by atoms with Crippen LogP contribution in [-0.4, -0.2) is 44.4 Å². The van der Waals surface area contributed by atoms with Crippen LogP contribution in [-0.2, 0) is 14.8 Å². The molecule has 0 spiro atoms. The summed E-state index contributed by atoms with van der Waals surface area (Å²) in [6.07, 6.45) is 0. The van der Waals surface area contributed by atoms with Gasteiger partial charge in [-0.1, -0.05) is 30.3 Å². The predicted octanol–water partition coefficient (Wildman–Crippen LogP) is 2.59. The summed E-state index contributed by atoms with van der Waals surface area (Å²) in [5.41, 5.74) is 1.43. The molecule has 1 aliphatic rings. The third-order valence-corrected chi connectivity index (χ3v) is 6.70. The lowest BCUT2D eigenvalue weighted by atomic mass is 10.1. The van der Waals surface area contributed by atoms with E-state index in [1.807, 2.05) is 44.2 Å². The number of benzene rings is 2. The molecule has 0 saturated carbocycles. The van der Waals surface area contributed by atoms with Crippen LogP contribution in [0.2, 0.25) is 0 Å². The molecule has 3 rings (SSSR count). The molecule has 2 aromatic carbocycles. The first-order valence-electron chi connectivity index (χ1n) is 8.95. The average Bonchev–Trinajstić information content (AvgIpc) is 2.69. The number of morpholine rings is 1. The van der Waals surface area contributed by atoms with Gasteiger partial charge in [-0.3, -0.25) is 4.79 Å². The number of hydrogen-bond acceptors (Lipinski definition) is 4. The van der Waals surface area contributed by atoms with E-state index in [1.54, 1.807) is 12.1 Å². The van der Waals surface area contributed by atoms with Crippen molar-refractivity contribution in [2.45, 2.75) is 30.8 Å². The molecule has 1 amide bonds. The van der Waals surface area contributed by atoms with Gasteiger partial charge in [0.1, 0.15) is 0 Å². The maximum absolute atomic E-state index is 12.8. The van der Waals surface area contributed by atoms with Crippen molar-refractivity contribution in [2.75, 3.05) is 19.8 Å². The molecule has 0 aliphatic carbocycles. The number of carbonyl (C=O) groups is 1. The minimum Gasteiger partial charge on any atom is -0.378 e. The molecule has 7 heteroatoms. The largest absolute Gasteiger partial charge is 0.378 e. The van der Waals surface area contributed by atoms with Gasteiger partial charge >= 0.3 is 0 Å². The number of amides is 1. The minimum absolute atomic E-state index is 0.142. The summed E-state index contributed by atoms with van der Waals surface area (Å²) >= 11 is 0. The first-order valence-corrected chi connectivity index (χ1v) is 10.4. The summed E-state index contributed by atoms with van der Waals surface area (Å²) in [7, 11) is -3.60. The second-order valence-electron chi connectivity index (χ2n) is 6.67. The van der Waals surface area contributed by atoms with Crippen LogP contribution < -0.4 is 5.32 Å². The molecule has 6 nitrogen and oxygen atoms in total. The molecule has 1 heterocycles. The number of ether oxygens (including phenoxy) is 1. The van der Waals surface area contributed by atoms with Crippen molar-refractivity contribution in [2.24, 2.45) is 0 Å². The van der Waals surface area contributed by atoms with Gasteiger partial charge in [-0.15, -0.1) is 0 Å². The SMILES string of the molecule is CC(NC(=O)c1ccc(S(=O)(=O)N2CCOCC2C)cc1)c1ccccc1. The fraction of sp³-hybridized carbons (Fsp3) is 0.350. The molecular weight excluding hydrogens is 364 g/mol. The fourth-order valence-corrected chi connectivity index (χ4v) is 4.69. The molecule has 1 saturated heterocycles. The molecule has 1 aliphatic heterocycles. The highest BCUT2D eigenvalue weighted by atomic mass is 32.2. The van der Waals surface area contributed by atoms with Crippen LogP contribution in [0, 0.1) is 0 Å². The van der Waals surface area contributed by atoms with Crippen molar-refractivity contribution in [3.8, 4) is 0 Å². The smallest absolute Gasteiger partial charge is 0.251 e. The van der Waals surface area contributed by atoms with Crippen molar-refractivity contribution in [1.29, 1.82) is 0 Å². The Morgan fingerprint density at radius 3 is 2.44 bits per heavy atom. The van der Waals surface area contributed by atoms with Crippen LogP contribution in [0.3, 0.4) is 0 Å². The molecule has 2 unspecified atom stereocenters. The van der Waals surface area contributed by atoms with E-state index in [0.29, 0.717) is 25.3 Å². The van der Waals surface area contributed by atoms with Crippen molar-refractivity contribution in [1.82, 2.24) is 9.62 Å². The lowest BCUT2D eigenvalue weighted by molar-refractivity contribution is 0.0393. The normalized spacial score (nSPS) is 19.4.